The molecule has 0 aliphatic carbocycles. The fraction of sp³-hybridized carbons (Fsp3) is 0.321. The molecular formula is C28H28N2O3S. The first-order chi connectivity index (χ1) is 16.1. The van der Waals surface area contributed by atoms with E-state index in [2.05, 4.69) is 37.9 Å². The van der Waals surface area contributed by atoms with Gasteiger partial charge in [-0.05, 0) is 54.5 Å². The number of nitrogens with zero attached hydrogens (tertiary/aromatic N) is 2. The zero-order valence-electron chi connectivity index (χ0n) is 20.4. The summed E-state index contributed by atoms with van der Waals surface area (Å²) in [5.41, 5.74) is 4.65. The van der Waals surface area contributed by atoms with E-state index in [1.807, 2.05) is 45.0 Å². The van der Waals surface area contributed by atoms with Crippen molar-refractivity contribution in [2.24, 2.45) is 0 Å². The molecule has 1 amide bonds. The number of amides is 1. The van der Waals surface area contributed by atoms with Crippen LogP contribution in [0.5, 0.6) is 0 Å². The lowest BCUT2D eigenvalue weighted by molar-refractivity contribution is 0.0971. The second-order valence-electron chi connectivity index (χ2n) is 9.95. The van der Waals surface area contributed by atoms with Crippen LogP contribution in [0.2, 0.25) is 0 Å². The molecule has 1 atom stereocenters. The molecule has 0 fully saturated rings. The minimum atomic E-state index is -0.590. The van der Waals surface area contributed by atoms with Crippen molar-refractivity contribution in [1.82, 2.24) is 4.98 Å². The Kier molecular flexibility index (Phi) is 5.24. The van der Waals surface area contributed by atoms with E-state index in [1.54, 1.807) is 11.0 Å². The molecule has 6 heteroatoms. The molecule has 1 aliphatic heterocycles. The van der Waals surface area contributed by atoms with E-state index >= 15 is 0 Å². The molecule has 4 aromatic rings. The third kappa shape index (κ3) is 3.48. The van der Waals surface area contributed by atoms with Crippen molar-refractivity contribution in [1.29, 1.82) is 0 Å². The van der Waals surface area contributed by atoms with E-state index in [9.17, 15) is 9.59 Å². The van der Waals surface area contributed by atoms with Gasteiger partial charge >= 0.3 is 0 Å². The maximum Gasteiger partial charge on any atom is 0.297 e. The lowest BCUT2D eigenvalue weighted by Crippen LogP contribution is -2.29. The predicted molar refractivity (Wildman–Crippen MR) is 137 cm³/mol. The van der Waals surface area contributed by atoms with Crippen LogP contribution in [0.25, 0.3) is 11.0 Å². The van der Waals surface area contributed by atoms with Crippen molar-refractivity contribution >= 4 is 33.3 Å². The molecule has 0 radical (unpaired) electrons. The van der Waals surface area contributed by atoms with Gasteiger partial charge in [0, 0.05) is 4.88 Å². The molecule has 0 saturated carbocycles. The molecule has 2 aromatic carbocycles. The summed E-state index contributed by atoms with van der Waals surface area (Å²) in [6.07, 6.45) is 0.812. The summed E-state index contributed by atoms with van der Waals surface area (Å²) in [6.45, 7) is 12.5. The highest BCUT2D eigenvalue weighted by atomic mass is 32.1. The Balaban J connectivity index is 1.77. The van der Waals surface area contributed by atoms with Crippen molar-refractivity contribution in [2.45, 2.75) is 59.4 Å². The maximum atomic E-state index is 13.8. The molecule has 5 nitrogen and oxygen atoms in total. The zero-order chi connectivity index (χ0) is 24.4. The van der Waals surface area contributed by atoms with Gasteiger partial charge in [0.1, 0.15) is 5.58 Å². The summed E-state index contributed by atoms with van der Waals surface area (Å²) in [7, 11) is 0. The van der Waals surface area contributed by atoms with Gasteiger partial charge < -0.3 is 4.42 Å². The number of benzene rings is 2. The van der Waals surface area contributed by atoms with E-state index in [-0.39, 0.29) is 22.5 Å². The molecule has 0 bridgehead atoms. The average molecular weight is 473 g/mol. The highest BCUT2D eigenvalue weighted by molar-refractivity contribution is 7.15. The van der Waals surface area contributed by atoms with E-state index in [0.29, 0.717) is 21.7 Å². The van der Waals surface area contributed by atoms with Crippen LogP contribution in [0, 0.1) is 13.8 Å². The van der Waals surface area contributed by atoms with Gasteiger partial charge in [-0.2, -0.15) is 0 Å². The Morgan fingerprint density at radius 2 is 1.76 bits per heavy atom. The maximum absolute atomic E-state index is 13.8. The summed E-state index contributed by atoms with van der Waals surface area (Å²) in [5.74, 6) is -0.218. The average Bonchev–Trinajstić information content (AvgIpc) is 3.29. The minimum Gasteiger partial charge on any atom is -0.450 e. The highest BCUT2D eigenvalue weighted by Gasteiger charge is 2.45. The van der Waals surface area contributed by atoms with Crippen LogP contribution in [0.4, 0.5) is 5.13 Å². The van der Waals surface area contributed by atoms with Crippen LogP contribution >= 0.6 is 11.3 Å². The molecule has 34 heavy (non-hydrogen) atoms. The van der Waals surface area contributed by atoms with E-state index in [0.717, 1.165) is 28.1 Å². The standard InChI is InChI=1S/C28H28N2O3S/c1-7-17-8-13-21-20(14-17)24(31)22-23(18-9-11-19(12-10-18)28(4,5)6)30(26(32)25(22)33-21)27-29-15(2)16(3)34-27/h8-14,23H,7H2,1-6H3. The normalized spacial score (nSPS) is 15.9. The second kappa shape index (κ2) is 7.91. The first kappa shape index (κ1) is 22.5. The lowest BCUT2D eigenvalue weighted by Gasteiger charge is -2.24. The molecular weight excluding hydrogens is 444 g/mol. The number of carbonyl (C=O) groups is 1. The van der Waals surface area contributed by atoms with Crippen molar-refractivity contribution in [3.63, 3.8) is 0 Å². The number of hydrogen-bond acceptors (Lipinski definition) is 5. The third-order valence-electron chi connectivity index (χ3n) is 6.66. The Morgan fingerprint density at radius 3 is 2.35 bits per heavy atom. The number of hydrogen-bond donors (Lipinski definition) is 0. The van der Waals surface area contributed by atoms with Gasteiger partial charge in [0.25, 0.3) is 5.91 Å². The van der Waals surface area contributed by atoms with E-state index in [4.69, 9.17) is 4.42 Å². The summed E-state index contributed by atoms with van der Waals surface area (Å²) in [6, 6.07) is 13.2. The quantitative estimate of drug-likeness (QED) is 0.342. The molecule has 0 spiro atoms. The van der Waals surface area contributed by atoms with Gasteiger partial charge in [-0.1, -0.05) is 58.0 Å². The van der Waals surface area contributed by atoms with Crippen LogP contribution in [0.3, 0.4) is 0 Å². The smallest absolute Gasteiger partial charge is 0.297 e. The van der Waals surface area contributed by atoms with Gasteiger partial charge in [0.15, 0.2) is 10.6 Å². The van der Waals surface area contributed by atoms with Gasteiger partial charge in [-0.25, -0.2) is 4.98 Å². The molecule has 5 rings (SSSR count). The van der Waals surface area contributed by atoms with Crippen molar-refractivity contribution in [3.8, 4) is 0 Å². The fourth-order valence-corrected chi connectivity index (χ4v) is 5.41. The largest absolute Gasteiger partial charge is 0.450 e. The lowest BCUT2D eigenvalue weighted by atomic mass is 9.86. The number of carbonyl (C=O) groups excluding carboxylic acids is 1. The topological polar surface area (TPSA) is 63.4 Å². The van der Waals surface area contributed by atoms with Gasteiger partial charge in [-0.3, -0.25) is 14.5 Å². The number of aromatic nitrogens is 1. The molecule has 2 aromatic heterocycles. The molecule has 0 N–H and O–H groups in total. The molecule has 1 aliphatic rings. The van der Waals surface area contributed by atoms with Crippen LogP contribution in [0.1, 0.15) is 77.1 Å². The zero-order valence-corrected chi connectivity index (χ0v) is 21.2. The van der Waals surface area contributed by atoms with Crippen LogP contribution < -0.4 is 10.3 Å². The van der Waals surface area contributed by atoms with Crippen LogP contribution in [0.15, 0.2) is 51.7 Å². The number of aryl methyl sites for hydroxylation is 3. The van der Waals surface area contributed by atoms with Gasteiger partial charge in [-0.15, -0.1) is 11.3 Å². The molecule has 3 heterocycles. The molecule has 0 saturated heterocycles. The monoisotopic (exact) mass is 472 g/mol. The van der Waals surface area contributed by atoms with E-state index < -0.39 is 6.04 Å². The predicted octanol–water partition coefficient (Wildman–Crippen LogP) is 6.48. The summed E-state index contributed by atoms with van der Waals surface area (Å²) < 4.78 is 6.10. The summed E-state index contributed by atoms with van der Waals surface area (Å²) >= 11 is 1.46. The first-order valence-corrected chi connectivity index (χ1v) is 12.4. The Morgan fingerprint density at radius 1 is 1.06 bits per heavy atom. The van der Waals surface area contributed by atoms with Crippen LogP contribution in [-0.2, 0) is 11.8 Å². The number of rotatable bonds is 3. The number of thiazole rings is 1. The minimum absolute atomic E-state index is 0.00304. The Hall–Kier alpha value is -3.25. The van der Waals surface area contributed by atoms with Crippen LogP contribution in [-0.4, -0.2) is 10.9 Å². The first-order valence-electron chi connectivity index (χ1n) is 11.6. The Labute approximate surface area is 203 Å². The Bertz CT molecular complexity index is 1470. The van der Waals surface area contributed by atoms with Crippen molar-refractivity contribution < 1.29 is 9.21 Å². The molecule has 1 unspecified atom stereocenters. The molecule has 174 valence electrons. The van der Waals surface area contributed by atoms with Crippen molar-refractivity contribution in [2.75, 3.05) is 4.90 Å². The van der Waals surface area contributed by atoms with Crippen molar-refractivity contribution in [3.05, 3.63) is 91.3 Å². The number of anilines is 1. The summed E-state index contributed by atoms with van der Waals surface area (Å²) in [4.78, 5) is 34.9. The van der Waals surface area contributed by atoms with Gasteiger partial charge in [0.05, 0.1) is 22.7 Å². The second-order valence-corrected chi connectivity index (χ2v) is 11.1. The van der Waals surface area contributed by atoms with E-state index in [1.165, 1.54) is 16.9 Å². The fourth-order valence-electron chi connectivity index (χ4n) is 4.48. The number of fused-ring (bicyclic) bond motifs is 2. The van der Waals surface area contributed by atoms with Gasteiger partial charge in [0.2, 0.25) is 5.76 Å². The highest BCUT2D eigenvalue weighted by Crippen LogP contribution is 2.43. The SMILES string of the molecule is CCc1ccc2oc3c(c(=O)c2c1)C(c1ccc(C(C)(C)C)cc1)N(c1nc(C)c(C)s1)C3=O. The summed E-state index contributed by atoms with van der Waals surface area (Å²) in [5, 5.41) is 1.09. The third-order valence-corrected chi connectivity index (χ3v) is 7.73.